The van der Waals surface area contributed by atoms with Crippen molar-refractivity contribution in [1.29, 1.82) is 0 Å². The van der Waals surface area contributed by atoms with Gasteiger partial charge >= 0.3 is 0 Å². The van der Waals surface area contributed by atoms with Gasteiger partial charge in [-0.3, -0.25) is 4.79 Å². The number of carbonyl (C=O) groups excluding carboxylic acids is 1. The molecule has 0 spiro atoms. The molecule has 0 N–H and O–H groups in total. The van der Waals surface area contributed by atoms with E-state index in [0.29, 0.717) is 6.54 Å². The van der Waals surface area contributed by atoms with Gasteiger partial charge in [-0.2, -0.15) is 0 Å². The molecular weight excluding hydrogens is 222 g/mol. The molecule has 106 valence electrons. The topological polar surface area (TPSA) is 20.3 Å². The van der Waals surface area contributed by atoms with Crippen molar-refractivity contribution in [2.24, 2.45) is 0 Å². The minimum absolute atomic E-state index is 0.681. The van der Waals surface area contributed by atoms with Gasteiger partial charge in [0.05, 0.1) is 0 Å². The first kappa shape index (κ1) is 17.2. The summed E-state index contributed by atoms with van der Waals surface area (Å²) in [6.07, 6.45) is 16.1. The van der Waals surface area contributed by atoms with Crippen LogP contribution in [0.25, 0.3) is 0 Å². The Kier molecular flexibility index (Phi) is 13.6. The normalized spacial score (nSPS) is 10.3. The molecule has 0 saturated carbocycles. The second-order valence-corrected chi connectivity index (χ2v) is 5.07. The van der Waals surface area contributed by atoms with Crippen molar-refractivity contribution in [3.63, 3.8) is 0 Å². The summed E-state index contributed by atoms with van der Waals surface area (Å²) < 4.78 is 0. The molecule has 0 aliphatic rings. The summed E-state index contributed by atoms with van der Waals surface area (Å²) in [6, 6.07) is 0. The largest absolute Gasteiger partial charge is 0.342 e. The van der Waals surface area contributed by atoms with Gasteiger partial charge in [0.1, 0.15) is 0 Å². The summed E-state index contributed by atoms with van der Waals surface area (Å²) in [6.45, 7) is 7.47. The van der Waals surface area contributed by atoms with Crippen molar-refractivity contribution in [1.82, 2.24) is 4.90 Å². The van der Waals surface area contributed by atoms with E-state index in [-0.39, 0.29) is 0 Å². The van der Waals surface area contributed by atoms with Gasteiger partial charge in [-0.15, -0.1) is 6.58 Å². The lowest BCUT2D eigenvalue weighted by Crippen LogP contribution is -2.22. The molecule has 0 aromatic carbocycles. The van der Waals surface area contributed by atoms with Gasteiger partial charge in [0.2, 0.25) is 6.41 Å². The third-order valence-corrected chi connectivity index (χ3v) is 3.31. The third kappa shape index (κ3) is 11.7. The average Bonchev–Trinajstić information content (AvgIpc) is 2.39. The summed E-state index contributed by atoms with van der Waals surface area (Å²) in [7, 11) is 0. The molecule has 2 nitrogen and oxygen atoms in total. The lowest BCUT2D eigenvalue weighted by molar-refractivity contribution is -0.117. The molecule has 0 bridgehead atoms. The Balaban J connectivity index is 3.15. The number of hydrogen-bond acceptors (Lipinski definition) is 1. The maximum atomic E-state index is 10.7. The zero-order valence-electron chi connectivity index (χ0n) is 12.2. The Morgan fingerprint density at radius 3 is 1.83 bits per heavy atom. The van der Waals surface area contributed by atoms with Crippen molar-refractivity contribution in [2.75, 3.05) is 13.1 Å². The summed E-state index contributed by atoms with van der Waals surface area (Å²) in [4.78, 5) is 12.5. The Hall–Kier alpha value is -0.790. The number of carbonyl (C=O) groups is 1. The first-order valence-corrected chi connectivity index (χ1v) is 7.65. The highest BCUT2D eigenvalue weighted by Crippen LogP contribution is 2.10. The smallest absolute Gasteiger partial charge is 0.209 e. The third-order valence-electron chi connectivity index (χ3n) is 3.31. The minimum Gasteiger partial charge on any atom is -0.342 e. The fraction of sp³-hybridized carbons (Fsp3) is 0.812. The molecule has 0 atom stereocenters. The van der Waals surface area contributed by atoms with Crippen LogP contribution in [-0.4, -0.2) is 24.4 Å². The number of rotatable bonds is 14. The summed E-state index contributed by atoms with van der Waals surface area (Å²) >= 11 is 0. The van der Waals surface area contributed by atoms with Crippen LogP contribution in [-0.2, 0) is 4.79 Å². The van der Waals surface area contributed by atoms with Crippen LogP contribution in [0.1, 0.15) is 71.1 Å². The van der Waals surface area contributed by atoms with Crippen LogP contribution < -0.4 is 0 Å². The average molecular weight is 253 g/mol. The molecule has 1 amide bonds. The van der Waals surface area contributed by atoms with Crippen LogP contribution in [0.2, 0.25) is 0 Å². The number of hydrogen-bond donors (Lipinski definition) is 0. The van der Waals surface area contributed by atoms with Gasteiger partial charge in [-0.05, 0) is 6.42 Å². The quantitative estimate of drug-likeness (QED) is 0.253. The van der Waals surface area contributed by atoms with E-state index >= 15 is 0 Å². The van der Waals surface area contributed by atoms with Crippen LogP contribution >= 0.6 is 0 Å². The second kappa shape index (κ2) is 14.3. The van der Waals surface area contributed by atoms with Crippen LogP contribution in [0.5, 0.6) is 0 Å². The summed E-state index contributed by atoms with van der Waals surface area (Å²) in [5, 5.41) is 0. The Bertz CT molecular complexity index is 192. The molecule has 0 aromatic rings. The zero-order chi connectivity index (χ0) is 13.5. The lowest BCUT2D eigenvalue weighted by atomic mass is 10.1. The molecule has 0 aliphatic heterocycles. The van der Waals surface area contributed by atoms with Gasteiger partial charge in [0.15, 0.2) is 0 Å². The van der Waals surface area contributed by atoms with E-state index in [1.807, 2.05) is 0 Å². The first-order chi connectivity index (χ1) is 8.85. The summed E-state index contributed by atoms with van der Waals surface area (Å²) in [5.41, 5.74) is 0. The van der Waals surface area contributed by atoms with Crippen LogP contribution in [0.15, 0.2) is 12.7 Å². The molecule has 0 aromatic heterocycles. The maximum Gasteiger partial charge on any atom is 0.209 e. The van der Waals surface area contributed by atoms with E-state index < -0.39 is 0 Å². The SMILES string of the molecule is C=CCN(C=O)CCCCCCCCCCCC. The van der Waals surface area contributed by atoms with Gasteiger partial charge in [0.25, 0.3) is 0 Å². The van der Waals surface area contributed by atoms with Gasteiger partial charge in [-0.25, -0.2) is 0 Å². The Labute approximate surface area is 113 Å². The van der Waals surface area contributed by atoms with Crippen molar-refractivity contribution >= 4 is 6.41 Å². The predicted molar refractivity (Wildman–Crippen MR) is 79.7 cm³/mol. The van der Waals surface area contributed by atoms with E-state index in [1.54, 1.807) is 11.0 Å². The van der Waals surface area contributed by atoms with Gasteiger partial charge < -0.3 is 4.90 Å². The summed E-state index contributed by atoms with van der Waals surface area (Å²) in [5.74, 6) is 0. The van der Waals surface area contributed by atoms with Gasteiger partial charge in [-0.1, -0.05) is 70.8 Å². The number of nitrogens with zero attached hydrogens (tertiary/aromatic N) is 1. The molecule has 2 heteroatoms. The molecule has 0 rings (SSSR count). The fourth-order valence-corrected chi connectivity index (χ4v) is 2.16. The van der Waals surface area contributed by atoms with Crippen molar-refractivity contribution in [3.8, 4) is 0 Å². The van der Waals surface area contributed by atoms with Crippen molar-refractivity contribution in [3.05, 3.63) is 12.7 Å². The standard InChI is InChI=1S/C16H31NO/c1-3-5-6-7-8-9-10-11-12-13-15-17(16-18)14-4-2/h4,16H,2-3,5-15H2,1H3. The van der Waals surface area contributed by atoms with Crippen LogP contribution in [0.3, 0.4) is 0 Å². The molecule has 0 heterocycles. The Morgan fingerprint density at radius 1 is 0.889 bits per heavy atom. The molecular formula is C16H31NO. The van der Waals surface area contributed by atoms with E-state index in [2.05, 4.69) is 13.5 Å². The molecule has 0 aliphatic carbocycles. The van der Waals surface area contributed by atoms with E-state index in [0.717, 1.165) is 19.4 Å². The Morgan fingerprint density at radius 2 is 1.39 bits per heavy atom. The molecule has 0 unspecified atom stereocenters. The highest BCUT2D eigenvalue weighted by atomic mass is 16.1. The van der Waals surface area contributed by atoms with Gasteiger partial charge in [0, 0.05) is 13.1 Å². The molecule has 0 radical (unpaired) electrons. The fourth-order valence-electron chi connectivity index (χ4n) is 2.16. The molecule has 0 saturated heterocycles. The monoisotopic (exact) mass is 253 g/mol. The lowest BCUT2D eigenvalue weighted by Gasteiger charge is -2.14. The molecule has 0 fully saturated rings. The number of amides is 1. The van der Waals surface area contributed by atoms with E-state index in [9.17, 15) is 4.79 Å². The highest BCUT2D eigenvalue weighted by Gasteiger charge is 1.98. The zero-order valence-corrected chi connectivity index (χ0v) is 12.2. The van der Waals surface area contributed by atoms with Crippen LogP contribution in [0.4, 0.5) is 0 Å². The molecule has 18 heavy (non-hydrogen) atoms. The highest BCUT2D eigenvalue weighted by molar-refractivity contribution is 5.47. The van der Waals surface area contributed by atoms with Crippen molar-refractivity contribution < 1.29 is 4.79 Å². The second-order valence-electron chi connectivity index (χ2n) is 5.07. The predicted octanol–water partition coefficient (Wildman–Crippen LogP) is 4.55. The van der Waals surface area contributed by atoms with E-state index in [1.165, 1.54) is 57.8 Å². The van der Waals surface area contributed by atoms with Crippen LogP contribution in [0, 0.1) is 0 Å². The maximum absolute atomic E-state index is 10.7. The van der Waals surface area contributed by atoms with Crippen molar-refractivity contribution in [2.45, 2.75) is 71.1 Å². The first-order valence-electron chi connectivity index (χ1n) is 7.65. The minimum atomic E-state index is 0.681. The van der Waals surface area contributed by atoms with E-state index in [4.69, 9.17) is 0 Å². The number of unbranched alkanes of at least 4 members (excludes halogenated alkanes) is 9.